The minimum Gasteiger partial charge on any atom is -0.329 e. The lowest BCUT2D eigenvalue weighted by Gasteiger charge is -2.28. The number of pyridine rings is 1. The van der Waals surface area contributed by atoms with E-state index in [2.05, 4.69) is 9.97 Å². The predicted octanol–water partition coefficient (Wildman–Crippen LogP) is 4.04. The van der Waals surface area contributed by atoms with Crippen LogP contribution in [0.4, 0.5) is 5.69 Å². The molecule has 0 saturated heterocycles. The number of hydrogen-bond acceptors (Lipinski definition) is 5. The molecule has 0 N–H and O–H groups in total. The van der Waals surface area contributed by atoms with Crippen LogP contribution in [0.5, 0.6) is 0 Å². The van der Waals surface area contributed by atoms with Crippen molar-refractivity contribution >= 4 is 11.6 Å². The van der Waals surface area contributed by atoms with Crippen LogP contribution in [0.2, 0.25) is 0 Å². The minimum absolute atomic E-state index is 0.175. The van der Waals surface area contributed by atoms with E-state index < -0.39 is 11.0 Å². The topological polar surface area (TPSA) is 94.2 Å². The van der Waals surface area contributed by atoms with Gasteiger partial charge in [0.15, 0.2) is 0 Å². The van der Waals surface area contributed by atoms with Gasteiger partial charge in [-0.1, -0.05) is 36.4 Å². The zero-order chi connectivity index (χ0) is 21.8. The minimum atomic E-state index is -0.500. The Labute approximate surface area is 178 Å². The molecule has 154 valence electrons. The molecule has 0 spiro atoms. The van der Waals surface area contributed by atoms with Gasteiger partial charge in [-0.2, -0.15) is 0 Å². The van der Waals surface area contributed by atoms with Crippen LogP contribution in [0.25, 0.3) is 5.69 Å². The number of benzene rings is 2. The molecular formula is C23H19N5O3. The molecule has 8 nitrogen and oxygen atoms in total. The number of nitro groups is 1. The molecule has 8 heteroatoms. The Bertz CT molecular complexity index is 1160. The fourth-order valence-corrected chi connectivity index (χ4v) is 3.51. The molecular weight excluding hydrogens is 394 g/mol. The van der Waals surface area contributed by atoms with Crippen molar-refractivity contribution in [2.24, 2.45) is 0 Å². The lowest BCUT2D eigenvalue weighted by Crippen LogP contribution is -2.32. The highest BCUT2D eigenvalue weighted by Crippen LogP contribution is 2.29. The van der Waals surface area contributed by atoms with Crippen LogP contribution >= 0.6 is 0 Å². The van der Waals surface area contributed by atoms with Crippen LogP contribution in [-0.2, 0) is 0 Å². The maximum Gasteiger partial charge on any atom is 0.294 e. The van der Waals surface area contributed by atoms with Crippen LogP contribution in [0.3, 0.4) is 0 Å². The summed E-state index contributed by atoms with van der Waals surface area (Å²) < 4.78 is 1.54. The van der Waals surface area contributed by atoms with Crippen LogP contribution in [-0.4, -0.2) is 37.3 Å². The Morgan fingerprint density at radius 2 is 1.84 bits per heavy atom. The molecule has 0 fully saturated rings. The largest absolute Gasteiger partial charge is 0.329 e. The number of imidazole rings is 1. The first-order valence-electron chi connectivity index (χ1n) is 9.56. The van der Waals surface area contributed by atoms with Gasteiger partial charge in [-0.05, 0) is 29.8 Å². The van der Waals surface area contributed by atoms with E-state index in [1.165, 1.54) is 23.2 Å². The lowest BCUT2D eigenvalue weighted by molar-refractivity contribution is -0.384. The van der Waals surface area contributed by atoms with Gasteiger partial charge < -0.3 is 9.47 Å². The maximum absolute atomic E-state index is 13.4. The third-order valence-electron chi connectivity index (χ3n) is 4.99. The molecule has 1 atom stereocenters. The Morgan fingerprint density at radius 3 is 2.48 bits per heavy atom. The van der Waals surface area contributed by atoms with E-state index in [4.69, 9.17) is 0 Å². The summed E-state index contributed by atoms with van der Waals surface area (Å²) in [7, 11) is 1.67. The van der Waals surface area contributed by atoms with Gasteiger partial charge in [0.05, 0.1) is 23.0 Å². The molecule has 0 radical (unpaired) electrons. The molecule has 0 aliphatic heterocycles. The molecule has 0 aliphatic carbocycles. The highest BCUT2D eigenvalue weighted by atomic mass is 16.6. The number of nitro benzene ring substituents is 1. The summed E-state index contributed by atoms with van der Waals surface area (Å²) in [5.74, 6) is -0.347. The first kappa shape index (κ1) is 20.0. The quantitative estimate of drug-likeness (QED) is 0.351. The molecule has 4 aromatic rings. The highest BCUT2D eigenvalue weighted by molar-refractivity contribution is 5.95. The summed E-state index contributed by atoms with van der Waals surface area (Å²) in [6.45, 7) is 0. The van der Waals surface area contributed by atoms with E-state index in [0.29, 0.717) is 11.4 Å². The third-order valence-corrected chi connectivity index (χ3v) is 4.99. The van der Waals surface area contributed by atoms with Crippen LogP contribution < -0.4 is 0 Å². The number of nitrogens with zero attached hydrogens (tertiary/aromatic N) is 5. The van der Waals surface area contributed by atoms with Gasteiger partial charge in [0.1, 0.15) is 5.69 Å². The summed E-state index contributed by atoms with van der Waals surface area (Å²) in [5, 5.41) is 11.7. The summed E-state index contributed by atoms with van der Waals surface area (Å²) in [5.41, 5.74) is 1.97. The van der Waals surface area contributed by atoms with E-state index in [9.17, 15) is 14.9 Å². The average Bonchev–Trinajstić information content (AvgIpc) is 3.34. The second-order valence-electron chi connectivity index (χ2n) is 6.91. The maximum atomic E-state index is 13.4. The van der Waals surface area contributed by atoms with Gasteiger partial charge in [0.2, 0.25) is 0 Å². The second kappa shape index (κ2) is 8.58. The van der Waals surface area contributed by atoms with Crippen molar-refractivity contribution in [2.75, 3.05) is 7.05 Å². The molecule has 4 rings (SSSR count). The zero-order valence-corrected chi connectivity index (χ0v) is 16.7. The molecule has 2 heterocycles. The average molecular weight is 413 g/mol. The monoisotopic (exact) mass is 413 g/mol. The second-order valence-corrected chi connectivity index (χ2v) is 6.91. The fraction of sp³-hybridized carbons (Fsp3) is 0.0870. The van der Waals surface area contributed by atoms with Crippen molar-refractivity contribution in [3.8, 4) is 5.69 Å². The Kier molecular flexibility index (Phi) is 5.53. The molecule has 2 aromatic heterocycles. The Hall–Kier alpha value is -4.33. The van der Waals surface area contributed by atoms with Gasteiger partial charge >= 0.3 is 0 Å². The van der Waals surface area contributed by atoms with Crippen molar-refractivity contribution in [1.29, 1.82) is 0 Å². The number of hydrogen-bond donors (Lipinski definition) is 0. The SMILES string of the molecule is CN(C(=O)c1ccc(-n2ccnc2)c([N+](=O)[O-])c1)C(c1ccccc1)c1ccccn1. The van der Waals surface area contributed by atoms with Crippen molar-refractivity contribution in [3.05, 3.63) is 119 Å². The molecule has 1 amide bonds. The number of amides is 1. The van der Waals surface area contributed by atoms with Crippen molar-refractivity contribution in [2.45, 2.75) is 6.04 Å². The van der Waals surface area contributed by atoms with Crippen molar-refractivity contribution in [3.63, 3.8) is 0 Å². The van der Waals surface area contributed by atoms with Gasteiger partial charge in [0.25, 0.3) is 11.6 Å². The number of carbonyl (C=O) groups excluding carboxylic acids is 1. The van der Waals surface area contributed by atoms with Gasteiger partial charge in [-0.3, -0.25) is 19.9 Å². The molecule has 0 bridgehead atoms. The molecule has 0 aliphatic rings. The number of aromatic nitrogens is 3. The van der Waals surface area contributed by atoms with Gasteiger partial charge in [-0.25, -0.2) is 4.98 Å². The van der Waals surface area contributed by atoms with Gasteiger partial charge in [-0.15, -0.1) is 0 Å². The van der Waals surface area contributed by atoms with Crippen molar-refractivity contribution in [1.82, 2.24) is 19.4 Å². The molecule has 31 heavy (non-hydrogen) atoms. The fourth-order valence-electron chi connectivity index (χ4n) is 3.51. The normalized spacial score (nSPS) is 11.6. The summed E-state index contributed by atoms with van der Waals surface area (Å²) in [6.07, 6.45) is 6.30. The summed E-state index contributed by atoms with van der Waals surface area (Å²) in [6, 6.07) is 19.1. The van der Waals surface area contributed by atoms with Crippen LogP contribution in [0.15, 0.2) is 91.6 Å². The Morgan fingerprint density at radius 1 is 1.06 bits per heavy atom. The van der Waals surface area contributed by atoms with E-state index >= 15 is 0 Å². The molecule has 1 unspecified atom stereocenters. The Balaban J connectivity index is 1.74. The van der Waals surface area contributed by atoms with Crippen LogP contribution in [0.1, 0.15) is 27.7 Å². The predicted molar refractivity (Wildman–Crippen MR) is 115 cm³/mol. The van der Waals surface area contributed by atoms with E-state index in [0.717, 1.165) is 5.56 Å². The first-order chi connectivity index (χ1) is 15.1. The smallest absolute Gasteiger partial charge is 0.294 e. The standard InChI is InChI=1S/C23H19N5O3/c1-26(22(17-7-3-2-4-8-17)19-9-5-6-12-25-19)23(29)18-10-11-20(21(15-18)28(30)31)27-14-13-24-16-27/h2-16,22H,1H3. The molecule has 0 saturated carbocycles. The lowest BCUT2D eigenvalue weighted by atomic mass is 10.0. The number of rotatable bonds is 6. The third kappa shape index (κ3) is 4.04. The highest BCUT2D eigenvalue weighted by Gasteiger charge is 2.27. The van der Waals surface area contributed by atoms with E-state index in [1.807, 2.05) is 48.5 Å². The summed E-state index contributed by atoms with van der Waals surface area (Å²) >= 11 is 0. The zero-order valence-electron chi connectivity index (χ0n) is 16.7. The molecule has 2 aromatic carbocycles. The van der Waals surface area contributed by atoms with Gasteiger partial charge in [0, 0.05) is 37.3 Å². The van der Waals surface area contributed by atoms with Crippen molar-refractivity contribution < 1.29 is 9.72 Å². The van der Waals surface area contributed by atoms with Crippen LogP contribution in [0, 0.1) is 10.1 Å². The first-order valence-corrected chi connectivity index (χ1v) is 9.56. The number of carbonyl (C=O) groups is 1. The van der Waals surface area contributed by atoms with E-state index in [-0.39, 0.29) is 17.2 Å². The summed E-state index contributed by atoms with van der Waals surface area (Å²) in [4.78, 5) is 34.5. The van der Waals surface area contributed by atoms with E-state index in [1.54, 1.807) is 36.5 Å².